The molecular weight excluding hydrogens is 475 g/mol. The molecule has 0 spiro atoms. The highest BCUT2D eigenvalue weighted by Crippen LogP contribution is 2.25. The van der Waals surface area contributed by atoms with E-state index >= 15 is 0 Å². The van der Waals surface area contributed by atoms with E-state index < -0.39 is 0 Å². The molecule has 9 heteroatoms. The minimum Gasteiger partial charge on any atom is -0.486 e. The number of para-hydroxylation sites is 1. The molecule has 0 saturated heterocycles. The summed E-state index contributed by atoms with van der Waals surface area (Å²) in [6.07, 6.45) is 0.276. The average molecular weight is 497 g/mol. The lowest BCUT2D eigenvalue weighted by Crippen LogP contribution is -2.12. The van der Waals surface area contributed by atoms with Gasteiger partial charge in [0, 0.05) is 17.9 Å². The first kappa shape index (κ1) is 23.8. The van der Waals surface area contributed by atoms with Crippen LogP contribution in [0.25, 0.3) is 5.69 Å². The monoisotopic (exact) mass is 496 g/mol. The van der Waals surface area contributed by atoms with Crippen LogP contribution >= 0.6 is 23.4 Å². The minimum absolute atomic E-state index is 0.137. The number of aromatic nitrogens is 3. The first-order valence-corrected chi connectivity index (χ1v) is 11.9. The van der Waals surface area contributed by atoms with Gasteiger partial charge in [0.15, 0.2) is 11.0 Å². The van der Waals surface area contributed by atoms with E-state index in [4.69, 9.17) is 16.3 Å². The molecule has 0 unspecified atom stereocenters. The number of halogens is 2. The van der Waals surface area contributed by atoms with Gasteiger partial charge in [-0.2, -0.15) is 0 Å². The maximum atomic E-state index is 13.2. The van der Waals surface area contributed by atoms with E-state index in [2.05, 4.69) is 15.5 Å². The molecule has 0 fully saturated rings. The molecule has 0 aliphatic carbocycles. The molecule has 0 aliphatic heterocycles. The average Bonchev–Trinajstić information content (AvgIpc) is 3.23. The number of nitrogens with zero attached hydrogens (tertiary/aromatic N) is 3. The van der Waals surface area contributed by atoms with E-state index in [-0.39, 0.29) is 24.8 Å². The van der Waals surface area contributed by atoms with Gasteiger partial charge in [0.2, 0.25) is 5.91 Å². The molecular formula is C25H22ClFN4O2S. The predicted octanol–water partition coefficient (Wildman–Crippen LogP) is 6.07. The molecule has 34 heavy (non-hydrogen) atoms. The van der Waals surface area contributed by atoms with Gasteiger partial charge in [-0.1, -0.05) is 53.2 Å². The van der Waals surface area contributed by atoms with Crippen molar-refractivity contribution in [2.45, 2.75) is 25.1 Å². The Hall–Kier alpha value is -3.36. The van der Waals surface area contributed by atoms with Gasteiger partial charge in [-0.3, -0.25) is 9.36 Å². The number of benzene rings is 3. The van der Waals surface area contributed by atoms with Crippen molar-refractivity contribution in [3.05, 3.63) is 95.0 Å². The number of ether oxygens (including phenoxy) is 1. The van der Waals surface area contributed by atoms with Crippen molar-refractivity contribution in [1.29, 1.82) is 0 Å². The Morgan fingerprint density at radius 1 is 1.06 bits per heavy atom. The lowest BCUT2D eigenvalue weighted by atomic mass is 10.2. The topological polar surface area (TPSA) is 69.0 Å². The maximum absolute atomic E-state index is 13.2. The van der Waals surface area contributed by atoms with E-state index in [0.717, 1.165) is 11.3 Å². The largest absolute Gasteiger partial charge is 0.486 e. The number of hydrogen-bond donors (Lipinski definition) is 1. The van der Waals surface area contributed by atoms with E-state index in [1.54, 1.807) is 24.3 Å². The number of hydrogen-bond acceptors (Lipinski definition) is 5. The van der Waals surface area contributed by atoms with Crippen LogP contribution in [0.4, 0.5) is 10.1 Å². The third-order valence-corrected chi connectivity index (χ3v) is 6.14. The number of carbonyl (C=O) groups is 1. The molecule has 0 atom stereocenters. The fraction of sp³-hybridized carbons (Fsp3) is 0.160. The Balaban J connectivity index is 1.45. The number of thioether (sulfide) groups is 1. The van der Waals surface area contributed by atoms with Gasteiger partial charge >= 0.3 is 0 Å². The van der Waals surface area contributed by atoms with E-state index in [1.165, 1.54) is 23.9 Å². The van der Waals surface area contributed by atoms with Gasteiger partial charge in [0.05, 0.1) is 10.7 Å². The van der Waals surface area contributed by atoms with Crippen LogP contribution in [0.3, 0.4) is 0 Å². The highest BCUT2D eigenvalue weighted by Gasteiger charge is 2.16. The van der Waals surface area contributed by atoms with Crippen molar-refractivity contribution in [3.63, 3.8) is 0 Å². The third kappa shape index (κ3) is 6.15. The van der Waals surface area contributed by atoms with Gasteiger partial charge in [0.25, 0.3) is 0 Å². The summed E-state index contributed by atoms with van der Waals surface area (Å²) in [5.74, 6) is 1.16. The molecule has 3 aromatic carbocycles. The Morgan fingerprint density at radius 3 is 2.53 bits per heavy atom. The van der Waals surface area contributed by atoms with E-state index in [0.29, 0.717) is 33.2 Å². The van der Waals surface area contributed by atoms with Crippen LogP contribution in [0.15, 0.2) is 78.0 Å². The van der Waals surface area contributed by atoms with Gasteiger partial charge < -0.3 is 10.1 Å². The summed E-state index contributed by atoms with van der Waals surface area (Å²) in [6.45, 7) is 2.17. The fourth-order valence-corrected chi connectivity index (χ4v) is 4.22. The summed E-state index contributed by atoms with van der Waals surface area (Å²) in [5, 5.41) is 12.6. The zero-order valence-corrected chi connectivity index (χ0v) is 19.9. The normalized spacial score (nSPS) is 10.8. The lowest BCUT2D eigenvalue weighted by Gasteiger charge is -2.12. The van der Waals surface area contributed by atoms with Crippen LogP contribution in [0.2, 0.25) is 5.02 Å². The number of amides is 1. The smallest absolute Gasteiger partial charge is 0.225 e. The molecule has 0 bridgehead atoms. The van der Waals surface area contributed by atoms with Crippen LogP contribution in [0.1, 0.15) is 17.8 Å². The summed E-state index contributed by atoms with van der Waals surface area (Å²) in [6, 6.07) is 20.9. The zero-order valence-electron chi connectivity index (χ0n) is 18.4. The molecule has 4 rings (SSSR count). The standard InChI is InChI=1S/C25H22ClFN4O2S/c1-17-6-10-19(11-7-17)31-23(16-33-20-12-8-18(27)9-13-20)29-30-25(31)34-15-14-24(32)28-22-5-3-2-4-21(22)26/h2-13H,14-16H2,1H3,(H,28,32). The molecule has 174 valence electrons. The first-order chi connectivity index (χ1) is 16.5. The number of aryl methyl sites for hydroxylation is 1. The van der Waals surface area contributed by atoms with Gasteiger partial charge in [0.1, 0.15) is 18.2 Å². The SMILES string of the molecule is Cc1ccc(-n2c(COc3ccc(F)cc3)nnc2SCCC(=O)Nc2ccccc2Cl)cc1. The molecule has 1 heterocycles. The van der Waals surface area contributed by atoms with Crippen LogP contribution in [0, 0.1) is 12.7 Å². The Bertz CT molecular complexity index is 1260. The quantitative estimate of drug-likeness (QED) is 0.285. The molecule has 4 aromatic rings. The van der Waals surface area contributed by atoms with Crippen molar-refractivity contribution >= 4 is 35.0 Å². The summed E-state index contributed by atoms with van der Waals surface area (Å²) in [5.41, 5.74) is 2.60. The summed E-state index contributed by atoms with van der Waals surface area (Å²) in [7, 11) is 0. The number of nitrogens with one attached hydrogen (secondary N) is 1. The fourth-order valence-electron chi connectivity index (χ4n) is 3.13. The number of anilines is 1. The molecule has 0 saturated carbocycles. The lowest BCUT2D eigenvalue weighted by molar-refractivity contribution is -0.115. The summed E-state index contributed by atoms with van der Waals surface area (Å²) < 4.78 is 20.9. The van der Waals surface area contributed by atoms with Crippen LogP contribution < -0.4 is 10.1 Å². The molecule has 1 aromatic heterocycles. The third-order valence-electron chi connectivity index (χ3n) is 4.88. The Kier molecular flexibility index (Phi) is 7.82. The predicted molar refractivity (Wildman–Crippen MR) is 132 cm³/mol. The summed E-state index contributed by atoms with van der Waals surface area (Å²) in [4.78, 5) is 12.4. The second-order valence-electron chi connectivity index (χ2n) is 7.44. The van der Waals surface area contributed by atoms with Crippen LogP contribution in [0.5, 0.6) is 5.75 Å². The molecule has 1 amide bonds. The van der Waals surface area contributed by atoms with E-state index in [1.807, 2.05) is 47.9 Å². The van der Waals surface area contributed by atoms with E-state index in [9.17, 15) is 9.18 Å². The molecule has 6 nitrogen and oxygen atoms in total. The van der Waals surface area contributed by atoms with Crippen molar-refractivity contribution in [3.8, 4) is 11.4 Å². The molecule has 0 aliphatic rings. The van der Waals surface area contributed by atoms with Crippen LogP contribution in [-0.2, 0) is 11.4 Å². The Labute approximate surface area is 206 Å². The first-order valence-electron chi connectivity index (χ1n) is 10.6. The zero-order chi connectivity index (χ0) is 23.9. The van der Waals surface area contributed by atoms with Crippen LogP contribution in [-0.4, -0.2) is 26.4 Å². The van der Waals surface area contributed by atoms with Crippen molar-refractivity contribution in [1.82, 2.24) is 14.8 Å². The van der Waals surface area contributed by atoms with Crippen molar-refractivity contribution in [2.75, 3.05) is 11.1 Å². The van der Waals surface area contributed by atoms with Crippen molar-refractivity contribution in [2.24, 2.45) is 0 Å². The van der Waals surface area contributed by atoms with Gasteiger partial charge in [-0.15, -0.1) is 10.2 Å². The Morgan fingerprint density at radius 2 is 1.79 bits per heavy atom. The molecule has 1 N–H and O–H groups in total. The second-order valence-corrected chi connectivity index (χ2v) is 8.91. The number of rotatable bonds is 9. The number of carbonyl (C=O) groups excluding carboxylic acids is 1. The van der Waals surface area contributed by atoms with Gasteiger partial charge in [-0.25, -0.2) is 4.39 Å². The molecule has 0 radical (unpaired) electrons. The van der Waals surface area contributed by atoms with Crippen molar-refractivity contribution < 1.29 is 13.9 Å². The highest BCUT2D eigenvalue weighted by atomic mass is 35.5. The minimum atomic E-state index is -0.326. The second kappa shape index (κ2) is 11.2. The maximum Gasteiger partial charge on any atom is 0.225 e. The highest BCUT2D eigenvalue weighted by molar-refractivity contribution is 7.99. The summed E-state index contributed by atoms with van der Waals surface area (Å²) >= 11 is 7.53. The van der Waals surface area contributed by atoms with Gasteiger partial charge in [-0.05, 0) is 55.5 Å².